The molecule has 126 valence electrons. The summed E-state index contributed by atoms with van der Waals surface area (Å²) in [5.74, 6) is 0.322. The first-order chi connectivity index (χ1) is 10.2. The summed E-state index contributed by atoms with van der Waals surface area (Å²) in [7, 11) is -3.94. The monoisotopic (exact) mass is 332 g/mol. The van der Waals surface area contributed by atoms with Crippen LogP contribution in [0.4, 0.5) is 0 Å². The Morgan fingerprint density at radius 3 is 2.32 bits per heavy atom. The van der Waals surface area contributed by atoms with E-state index in [1.807, 2.05) is 0 Å². The zero-order valence-corrected chi connectivity index (χ0v) is 13.5. The second-order valence-electron chi connectivity index (χ2n) is 7.59. The van der Waals surface area contributed by atoms with Crippen molar-refractivity contribution in [1.29, 1.82) is 0 Å². The van der Waals surface area contributed by atoms with Crippen LogP contribution in [0.25, 0.3) is 0 Å². The lowest BCUT2D eigenvalue weighted by Gasteiger charge is -2.58. The zero-order chi connectivity index (χ0) is 16.0. The number of aliphatic hydroxyl groups is 1. The van der Waals surface area contributed by atoms with E-state index < -0.39 is 21.1 Å². The predicted molar refractivity (Wildman–Crippen MR) is 78.7 cm³/mol. The standard InChI is InChI=1S/C15H24O6S/c16-13(21-3-1-2-4-22(18,19)20)14-6-11-5-12(7-14)9-15(17,8-11)10-14/h11-12,17H,1-10H2,(H,18,19,20). The number of hydrogen-bond donors (Lipinski definition) is 2. The van der Waals surface area contributed by atoms with Crippen LogP contribution in [0.5, 0.6) is 0 Å². The highest BCUT2D eigenvalue weighted by Gasteiger charge is 2.60. The van der Waals surface area contributed by atoms with Crippen molar-refractivity contribution in [2.75, 3.05) is 12.4 Å². The molecule has 0 saturated heterocycles. The van der Waals surface area contributed by atoms with Gasteiger partial charge >= 0.3 is 5.97 Å². The number of carbonyl (C=O) groups excluding carboxylic acids is 1. The van der Waals surface area contributed by atoms with Gasteiger partial charge in [-0.15, -0.1) is 0 Å². The molecule has 22 heavy (non-hydrogen) atoms. The first kappa shape index (κ1) is 16.2. The average Bonchev–Trinajstić information content (AvgIpc) is 2.33. The molecule has 4 rings (SSSR count). The predicted octanol–water partition coefficient (Wildman–Crippen LogP) is 1.53. The maximum atomic E-state index is 12.5. The molecule has 0 aromatic heterocycles. The third kappa shape index (κ3) is 3.31. The number of rotatable bonds is 6. The van der Waals surface area contributed by atoms with Crippen molar-refractivity contribution < 1.29 is 27.6 Å². The Balaban J connectivity index is 1.52. The quantitative estimate of drug-likeness (QED) is 0.434. The van der Waals surface area contributed by atoms with Gasteiger partial charge in [0.1, 0.15) is 0 Å². The van der Waals surface area contributed by atoms with Crippen LogP contribution in [-0.2, 0) is 19.6 Å². The molecular weight excluding hydrogens is 308 g/mol. The van der Waals surface area contributed by atoms with Crippen molar-refractivity contribution in [2.24, 2.45) is 17.3 Å². The van der Waals surface area contributed by atoms with E-state index in [0.29, 0.717) is 24.7 Å². The van der Waals surface area contributed by atoms with Gasteiger partial charge in [-0.1, -0.05) is 0 Å². The average molecular weight is 332 g/mol. The molecular formula is C15H24O6S. The summed E-state index contributed by atoms with van der Waals surface area (Å²) >= 11 is 0. The van der Waals surface area contributed by atoms with Crippen LogP contribution in [0, 0.1) is 17.3 Å². The van der Waals surface area contributed by atoms with Crippen molar-refractivity contribution in [3.05, 3.63) is 0 Å². The van der Waals surface area contributed by atoms with Crippen molar-refractivity contribution in [2.45, 2.75) is 57.0 Å². The second-order valence-corrected chi connectivity index (χ2v) is 9.17. The molecule has 4 fully saturated rings. The highest BCUT2D eigenvalue weighted by Crippen LogP contribution is 2.61. The Hall–Kier alpha value is -0.660. The third-order valence-electron chi connectivity index (χ3n) is 5.49. The number of hydrogen-bond acceptors (Lipinski definition) is 5. The molecule has 0 radical (unpaired) electrons. The molecule has 0 amide bonds. The van der Waals surface area contributed by atoms with Gasteiger partial charge in [0, 0.05) is 0 Å². The molecule has 2 unspecified atom stereocenters. The molecule has 2 N–H and O–H groups in total. The van der Waals surface area contributed by atoms with Crippen molar-refractivity contribution in [1.82, 2.24) is 0 Å². The van der Waals surface area contributed by atoms with Gasteiger partial charge in [0.15, 0.2) is 0 Å². The summed E-state index contributed by atoms with van der Waals surface area (Å²) < 4.78 is 35.2. The molecule has 7 heteroatoms. The van der Waals surface area contributed by atoms with Crippen molar-refractivity contribution in [3.8, 4) is 0 Å². The van der Waals surface area contributed by atoms with Gasteiger partial charge in [-0.2, -0.15) is 8.42 Å². The highest BCUT2D eigenvalue weighted by atomic mass is 32.2. The van der Waals surface area contributed by atoms with Crippen LogP contribution < -0.4 is 0 Å². The van der Waals surface area contributed by atoms with Crippen LogP contribution in [0.2, 0.25) is 0 Å². The number of ether oxygens (including phenoxy) is 1. The fraction of sp³-hybridized carbons (Fsp3) is 0.933. The number of esters is 1. The fourth-order valence-electron chi connectivity index (χ4n) is 5.16. The Morgan fingerprint density at radius 1 is 1.14 bits per heavy atom. The van der Waals surface area contributed by atoms with E-state index in [1.165, 1.54) is 0 Å². The van der Waals surface area contributed by atoms with Gasteiger partial charge in [0.25, 0.3) is 10.1 Å². The lowest BCUT2D eigenvalue weighted by Crippen LogP contribution is -2.58. The Morgan fingerprint density at radius 2 is 1.77 bits per heavy atom. The maximum absolute atomic E-state index is 12.5. The van der Waals surface area contributed by atoms with Crippen molar-refractivity contribution in [3.63, 3.8) is 0 Å². The fourth-order valence-corrected chi connectivity index (χ4v) is 5.73. The van der Waals surface area contributed by atoms with E-state index >= 15 is 0 Å². The molecule has 0 spiro atoms. The van der Waals surface area contributed by atoms with Crippen LogP contribution in [0.15, 0.2) is 0 Å². The molecule has 4 saturated carbocycles. The summed E-state index contributed by atoms with van der Waals surface area (Å²) in [4.78, 5) is 12.5. The summed E-state index contributed by atoms with van der Waals surface area (Å²) in [5, 5.41) is 10.6. The smallest absolute Gasteiger partial charge is 0.312 e. The normalized spacial score (nSPS) is 39.9. The summed E-state index contributed by atoms with van der Waals surface area (Å²) in [5.41, 5.74) is -1.21. The van der Waals surface area contributed by atoms with E-state index in [2.05, 4.69) is 0 Å². The van der Waals surface area contributed by atoms with Crippen LogP contribution in [-0.4, -0.2) is 42.0 Å². The van der Waals surface area contributed by atoms with Gasteiger partial charge in [-0.05, 0) is 63.2 Å². The molecule has 4 aliphatic rings. The molecule has 2 atom stereocenters. The molecule has 0 aromatic carbocycles. The minimum absolute atomic E-state index is 0.171. The molecule has 0 heterocycles. The van der Waals surface area contributed by atoms with Gasteiger partial charge in [0.2, 0.25) is 0 Å². The number of carbonyl (C=O) groups is 1. The van der Waals surface area contributed by atoms with Crippen LogP contribution >= 0.6 is 0 Å². The van der Waals surface area contributed by atoms with E-state index in [9.17, 15) is 18.3 Å². The van der Waals surface area contributed by atoms with Crippen molar-refractivity contribution >= 4 is 16.1 Å². The topological polar surface area (TPSA) is 101 Å². The SMILES string of the molecule is O=C(OCCCCS(=O)(=O)O)C12CC3CC(CC(O)(C3)C1)C2. The maximum Gasteiger partial charge on any atom is 0.312 e. The summed E-state index contributed by atoms with van der Waals surface area (Å²) in [6, 6.07) is 0. The second kappa shape index (κ2) is 5.46. The Kier molecular flexibility index (Phi) is 4.02. The van der Waals surface area contributed by atoms with E-state index in [4.69, 9.17) is 9.29 Å². The lowest BCUT2D eigenvalue weighted by molar-refractivity contribution is -0.196. The lowest BCUT2D eigenvalue weighted by atomic mass is 9.48. The summed E-state index contributed by atoms with van der Waals surface area (Å²) in [6.45, 7) is 0.171. The van der Waals surface area contributed by atoms with E-state index in [1.54, 1.807) is 0 Å². The van der Waals surface area contributed by atoms with Gasteiger partial charge < -0.3 is 9.84 Å². The Bertz CT molecular complexity index is 540. The van der Waals surface area contributed by atoms with Gasteiger partial charge in [-0.3, -0.25) is 9.35 Å². The van der Waals surface area contributed by atoms with E-state index in [0.717, 1.165) is 32.1 Å². The zero-order valence-electron chi connectivity index (χ0n) is 12.7. The minimum atomic E-state index is -3.94. The first-order valence-corrected chi connectivity index (χ1v) is 9.66. The molecule has 0 aromatic rings. The van der Waals surface area contributed by atoms with Gasteiger partial charge in [0.05, 0.1) is 23.4 Å². The minimum Gasteiger partial charge on any atom is -0.465 e. The Labute approximate surface area is 131 Å². The largest absolute Gasteiger partial charge is 0.465 e. The summed E-state index contributed by atoms with van der Waals surface area (Å²) in [6.07, 6.45) is 5.57. The molecule has 4 aliphatic carbocycles. The van der Waals surface area contributed by atoms with Crippen LogP contribution in [0.3, 0.4) is 0 Å². The molecule has 0 aliphatic heterocycles. The van der Waals surface area contributed by atoms with Crippen LogP contribution in [0.1, 0.15) is 51.4 Å². The number of unbranched alkanes of at least 4 members (excludes halogenated alkanes) is 1. The first-order valence-electron chi connectivity index (χ1n) is 8.05. The van der Waals surface area contributed by atoms with Gasteiger partial charge in [-0.25, -0.2) is 0 Å². The van der Waals surface area contributed by atoms with E-state index in [-0.39, 0.29) is 24.7 Å². The third-order valence-corrected chi connectivity index (χ3v) is 6.30. The molecule has 6 nitrogen and oxygen atoms in total. The molecule has 4 bridgehead atoms. The highest BCUT2D eigenvalue weighted by molar-refractivity contribution is 7.85.